The summed E-state index contributed by atoms with van der Waals surface area (Å²) in [5.41, 5.74) is 5.06. The number of carbonyl (C=O) groups excluding carboxylic acids is 1. The van der Waals surface area contributed by atoms with Gasteiger partial charge >= 0.3 is 13.2 Å². The van der Waals surface area contributed by atoms with Crippen LogP contribution in [0.1, 0.15) is 84.8 Å². The monoisotopic (exact) mass is 799 g/mol. The van der Waals surface area contributed by atoms with Crippen molar-refractivity contribution in [3.05, 3.63) is 82.9 Å². The van der Waals surface area contributed by atoms with Crippen LogP contribution in [0, 0.1) is 39.3 Å². The maximum Gasteiger partial charge on any atom is 0.498 e. The lowest BCUT2D eigenvalue weighted by Gasteiger charge is -2.32. The molecule has 0 amide bonds. The van der Waals surface area contributed by atoms with Gasteiger partial charge in [-0.15, -0.1) is 0 Å². The maximum absolute atomic E-state index is 15.0. The number of pyridine rings is 3. The average molecular weight is 800 g/mol. The van der Waals surface area contributed by atoms with E-state index in [2.05, 4.69) is 30.3 Å². The topological polar surface area (TPSA) is 126 Å². The third kappa shape index (κ3) is 9.48. The highest BCUT2D eigenvalue weighted by Crippen LogP contribution is 2.39. The number of hydrogen-bond acceptors (Lipinski definition) is 11. The van der Waals surface area contributed by atoms with Crippen LogP contribution >= 0.6 is 0 Å². The summed E-state index contributed by atoms with van der Waals surface area (Å²) >= 11 is 0. The molecular weight excluding hydrogens is 743 g/mol. The Morgan fingerprint density at radius 1 is 0.948 bits per heavy atom. The number of nitrogens with one attached hydrogen (secondary N) is 1. The molecule has 2 aliphatic rings. The maximum atomic E-state index is 15.0. The fraction of sp³-hybridized carbons (Fsp3) is 0.465. The van der Waals surface area contributed by atoms with Crippen LogP contribution in [0.3, 0.4) is 0 Å². The van der Waals surface area contributed by atoms with Crippen LogP contribution in [0.4, 0.5) is 30.8 Å². The summed E-state index contributed by atoms with van der Waals surface area (Å²) in [5, 5.41) is 7.96. The Kier molecular flexibility index (Phi) is 13.3. The van der Waals surface area contributed by atoms with E-state index in [1.807, 2.05) is 114 Å². The summed E-state index contributed by atoms with van der Waals surface area (Å²) in [7, 11) is -0.545. The Labute approximate surface area is 340 Å². The van der Waals surface area contributed by atoms with Crippen molar-refractivity contribution in [1.82, 2.24) is 24.7 Å². The van der Waals surface area contributed by atoms with E-state index in [9.17, 15) is 9.18 Å². The Balaban J connectivity index is 0.000000226. The first-order valence-corrected chi connectivity index (χ1v) is 19.7. The van der Waals surface area contributed by atoms with Crippen molar-refractivity contribution in [3.63, 3.8) is 0 Å². The number of rotatable bonds is 5. The molecule has 1 aromatic carbocycles. The predicted molar refractivity (Wildman–Crippen MR) is 225 cm³/mol. The fourth-order valence-electron chi connectivity index (χ4n) is 6.50. The van der Waals surface area contributed by atoms with Crippen molar-refractivity contribution >= 4 is 46.8 Å². The number of morpholine rings is 1. The highest BCUT2D eigenvalue weighted by atomic mass is 19.1. The third-order valence-corrected chi connectivity index (χ3v) is 10.2. The number of aryl methyl sites for hydroxylation is 2. The molecule has 58 heavy (non-hydrogen) atoms. The van der Waals surface area contributed by atoms with E-state index in [1.165, 1.54) is 10.7 Å². The van der Waals surface area contributed by atoms with Crippen molar-refractivity contribution in [1.29, 1.82) is 0 Å². The summed E-state index contributed by atoms with van der Waals surface area (Å²) in [6, 6.07) is 9.57. The Bertz CT molecular complexity index is 2240. The van der Waals surface area contributed by atoms with Crippen molar-refractivity contribution in [2.45, 2.75) is 107 Å². The molecule has 0 atom stereocenters. The molecule has 2 aliphatic heterocycles. The molecule has 0 aliphatic carbocycles. The van der Waals surface area contributed by atoms with Crippen molar-refractivity contribution < 1.29 is 32.4 Å². The van der Waals surface area contributed by atoms with Gasteiger partial charge in [-0.1, -0.05) is 19.9 Å². The van der Waals surface area contributed by atoms with E-state index in [-0.39, 0.29) is 10.9 Å². The molecule has 0 saturated carbocycles. The van der Waals surface area contributed by atoms with E-state index in [0.29, 0.717) is 41.7 Å². The van der Waals surface area contributed by atoms with Gasteiger partial charge in [-0.05, 0) is 93.9 Å². The van der Waals surface area contributed by atoms with E-state index >= 15 is 4.39 Å². The molecule has 6 heterocycles. The van der Waals surface area contributed by atoms with Gasteiger partial charge in [-0.25, -0.2) is 23.5 Å². The third-order valence-electron chi connectivity index (χ3n) is 10.2. The van der Waals surface area contributed by atoms with Crippen LogP contribution < -0.4 is 15.7 Å². The lowest BCUT2D eigenvalue weighted by Crippen LogP contribution is -2.41. The number of fused-ring (bicyclic) bond motifs is 1. The van der Waals surface area contributed by atoms with E-state index in [1.54, 1.807) is 12.4 Å². The number of halogens is 2. The first kappa shape index (κ1) is 44.1. The van der Waals surface area contributed by atoms with Crippen LogP contribution in [-0.4, -0.2) is 81.1 Å². The molecule has 1 N–H and O–H groups in total. The number of aromatic nitrogens is 5. The molecule has 4 aromatic heterocycles. The van der Waals surface area contributed by atoms with Crippen LogP contribution in [0.15, 0.2) is 48.8 Å². The predicted octanol–water partition coefficient (Wildman–Crippen LogP) is 8.78. The van der Waals surface area contributed by atoms with Gasteiger partial charge in [0.25, 0.3) is 0 Å². The molecule has 0 spiro atoms. The van der Waals surface area contributed by atoms with Gasteiger partial charge in [0, 0.05) is 66.1 Å². The van der Waals surface area contributed by atoms with Gasteiger partial charge in [0.15, 0.2) is 0 Å². The fourth-order valence-corrected chi connectivity index (χ4v) is 6.50. The zero-order chi connectivity index (χ0) is 42.7. The number of hydrogen-bond donors (Lipinski definition) is 1. The number of carbonyl (C=O) groups is 1. The Morgan fingerprint density at radius 3 is 2.21 bits per heavy atom. The second-order valence-electron chi connectivity index (χ2n) is 16.1. The largest absolute Gasteiger partial charge is 0.498 e. The lowest BCUT2D eigenvalue weighted by molar-refractivity contribution is 0.00578. The summed E-state index contributed by atoms with van der Waals surface area (Å²) in [6.07, 6.45) is 2.96. The highest BCUT2D eigenvalue weighted by molar-refractivity contribution is 6.63. The van der Waals surface area contributed by atoms with Gasteiger partial charge in [0.05, 0.1) is 58.1 Å². The molecule has 12 nitrogen and oxygen atoms in total. The molecular formula is C43H56BF2N7O5. The van der Waals surface area contributed by atoms with Crippen LogP contribution in [-0.2, 0) is 18.8 Å². The van der Waals surface area contributed by atoms with E-state index < -0.39 is 41.6 Å². The van der Waals surface area contributed by atoms with E-state index in [0.717, 1.165) is 47.3 Å². The second kappa shape index (κ2) is 17.5. The quantitative estimate of drug-likeness (QED) is 0.172. The number of nitrogens with zero attached hydrogens (tertiary/aromatic N) is 6. The zero-order valence-corrected chi connectivity index (χ0v) is 36.0. The SMILES string of the molecule is CC.Cc1cnc(N2CCOCC2)cc1Nc1c(C)c(-c2ccccn2)nc2cc(F)cc(F)c12.Cc1nn(C(=O)OC(C)(C)C)c(C)c1B1OC(C)(C)C(C)(C)O1. The molecule has 15 heteroatoms. The Hall–Kier alpha value is -4.99. The molecule has 0 radical (unpaired) electrons. The van der Waals surface area contributed by atoms with Gasteiger partial charge in [0.2, 0.25) is 0 Å². The van der Waals surface area contributed by atoms with Gasteiger partial charge in [0.1, 0.15) is 23.1 Å². The lowest BCUT2D eigenvalue weighted by atomic mass is 9.77. The molecule has 310 valence electrons. The average Bonchev–Trinajstić information content (AvgIpc) is 3.58. The second-order valence-corrected chi connectivity index (χ2v) is 16.1. The van der Waals surface area contributed by atoms with Crippen molar-refractivity contribution in [2.24, 2.45) is 0 Å². The van der Waals surface area contributed by atoms with Crippen LogP contribution in [0.2, 0.25) is 0 Å². The highest BCUT2D eigenvalue weighted by Gasteiger charge is 2.53. The van der Waals surface area contributed by atoms with E-state index in [4.69, 9.17) is 18.8 Å². The van der Waals surface area contributed by atoms with Gasteiger partial charge < -0.3 is 29.0 Å². The standard InChI is InChI=1S/C25H23F2N5O.C16H27BN2O4.C2H6/c1-15-14-29-22(32-7-9-33-10-8-32)13-20(15)30-25-16(2)24(19-5-3-4-6-28-19)31-21-12-17(26)11-18(27)23(21)25;1-10-12(17-22-15(6,7)16(8,9)23-17)11(2)19(18-10)13(20)21-14(3,4)5;1-2/h3-6,11-14H,7-10H2,1-2H3,(H,29,30,31);1-9H3;1-2H3. The summed E-state index contributed by atoms with van der Waals surface area (Å²) in [4.78, 5) is 28.0. The van der Waals surface area contributed by atoms with Crippen molar-refractivity contribution in [2.75, 3.05) is 36.5 Å². The summed E-state index contributed by atoms with van der Waals surface area (Å²) < 4.78 is 53.4. The van der Waals surface area contributed by atoms with Crippen LogP contribution in [0.25, 0.3) is 22.3 Å². The minimum atomic E-state index is -0.677. The summed E-state index contributed by atoms with van der Waals surface area (Å²) in [5.74, 6) is -0.529. The van der Waals surface area contributed by atoms with Gasteiger partial charge in [-0.3, -0.25) is 4.98 Å². The molecule has 2 fully saturated rings. The first-order valence-electron chi connectivity index (χ1n) is 19.7. The summed E-state index contributed by atoms with van der Waals surface area (Å²) in [6.45, 7) is 27.7. The van der Waals surface area contributed by atoms with Gasteiger partial charge in [-0.2, -0.15) is 9.78 Å². The first-order chi connectivity index (χ1) is 27.3. The minimum Gasteiger partial charge on any atom is -0.442 e. The molecule has 2 saturated heterocycles. The molecule has 0 unspecified atom stereocenters. The normalized spacial score (nSPS) is 16.0. The number of benzene rings is 1. The number of anilines is 3. The number of ether oxygens (including phenoxy) is 2. The molecule has 7 rings (SSSR count). The minimum absolute atomic E-state index is 0.223. The smallest absolute Gasteiger partial charge is 0.442 e. The van der Waals surface area contributed by atoms with Crippen molar-refractivity contribution in [3.8, 4) is 11.4 Å². The molecule has 0 bridgehead atoms. The Morgan fingerprint density at radius 2 is 1.60 bits per heavy atom. The van der Waals surface area contributed by atoms with Crippen LogP contribution in [0.5, 0.6) is 0 Å². The molecule has 5 aromatic rings. The zero-order valence-electron chi connectivity index (χ0n) is 36.0.